The van der Waals surface area contributed by atoms with Crippen LogP contribution in [0.4, 0.5) is 4.79 Å². The number of urea groups is 1. The van der Waals surface area contributed by atoms with Gasteiger partial charge < -0.3 is 20.9 Å². The zero-order valence-corrected chi connectivity index (χ0v) is 19.4. The van der Waals surface area contributed by atoms with Gasteiger partial charge in [-0.15, -0.1) is 0 Å². The first-order valence-corrected chi connectivity index (χ1v) is 12.7. The van der Waals surface area contributed by atoms with E-state index in [1.54, 1.807) is 12.1 Å². The molecule has 7 nitrogen and oxygen atoms in total. The van der Waals surface area contributed by atoms with E-state index in [0.29, 0.717) is 31.6 Å². The summed E-state index contributed by atoms with van der Waals surface area (Å²) < 4.78 is 0. The van der Waals surface area contributed by atoms with Crippen LogP contribution in [-0.2, 0) is 4.79 Å². The second-order valence-electron chi connectivity index (χ2n) is 10.8. The van der Waals surface area contributed by atoms with E-state index in [0.717, 1.165) is 49.9 Å². The van der Waals surface area contributed by atoms with Gasteiger partial charge in [-0.05, 0) is 81.3 Å². The molecule has 7 heteroatoms. The van der Waals surface area contributed by atoms with Gasteiger partial charge in [-0.2, -0.15) is 0 Å². The summed E-state index contributed by atoms with van der Waals surface area (Å²) >= 11 is 0. The Labute approximate surface area is 196 Å². The summed E-state index contributed by atoms with van der Waals surface area (Å²) in [5, 5.41) is 9.30. The lowest BCUT2D eigenvalue weighted by atomic mass is 9.53. The zero-order chi connectivity index (χ0) is 22.8. The Morgan fingerprint density at radius 2 is 1.52 bits per heavy atom. The molecule has 178 valence electrons. The molecule has 1 heterocycles. The molecule has 1 aromatic carbocycles. The first kappa shape index (κ1) is 22.2. The minimum absolute atomic E-state index is 0.00505. The summed E-state index contributed by atoms with van der Waals surface area (Å²) in [7, 11) is 0. The van der Waals surface area contributed by atoms with Crippen LogP contribution in [0.2, 0.25) is 0 Å². The van der Waals surface area contributed by atoms with Crippen LogP contribution in [0.15, 0.2) is 30.3 Å². The Kier molecular flexibility index (Phi) is 6.30. The molecular formula is C26H36N4O3. The lowest BCUT2D eigenvalue weighted by molar-refractivity contribution is -0.132. The van der Waals surface area contributed by atoms with Crippen molar-refractivity contribution >= 4 is 17.8 Å². The molecule has 0 unspecified atom stereocenters. The zero-order valence-electron chi connectivity index (χ0n) is 19.4. The number of nitrogens with one attached hydrogen (secondary N) is 3. The largest absolute Gasteiger partial charge is 0.349 e. The third kappa shape index (κ3) is 5.17. The first-order chi connectivity index (χ1) is 16.0. The lowest BCUT2D eigenvalue weighted by Crippen LogP contribution is -2.61. The molecule has 1 saturated heterocycles. The van der Waals surface area contributed by atoms with E-state index in [9.17, 15) is 14.4 Å². The third-order valence-electron chi connectivity index (χ3n) is 8.26. The van der Waals surface area contributed by atoms with Crippen molar-refractivity contribution in [1.82, 2.24) is 20.9 Å². The molecule has 0 spiro atoms. The molecule has 5 aliphatic rings. The highest BCUT2D eigenvalue weighted by molar-refractivity contribution is 5.94. The number of hydrogen-bond acceptors (Lipinski definition) is 3. The van der Waals surface area contributed by atoms with E-state index < -0.39 is 0 Å². The number of carbonyl (C=O) groups is 3. The molecule has 4 saturated carbocycles. The van der Waals surface area contributed by atoms with Gasteiger partial charge in [0.25, 0.3) is 5.91 Å². The summed E-state index contributed by atoms with van der Waals surface area (Å²) in [5.41, 5.74) is 0.656. The van der Waals surface area contributed by atoms with Crippen molar-refractivity contribution < 1.29 is 14.4 Å². The van der Waals surface area contributed by atoms with Crippen molar-refractivity contribution in [3.8, 4) is 0 Å². The summed E-state index contributed by atoms with van der Waals surface area (Å²) in [5.74, 6) is 2.38. The van der Waals surface area contributed by atoms with Crippen LogP contribution in [0.1, 0.15) is 68.1 Å². The van der Waals surface area contributed by atoms with E-state index in [2.05, 4.69) is 16.0 Å². The number of carbonyl (C=O) groups excluding carboxylic acids is 3. The fourth-order valence-corrected chi connectivity index (χ4v) is 7.12. The van der Waals surface area contributed by atoms with Gasteiger partial charge in [-0.1, -0.05) is 18.2 Å². The number of piperidine rings is 1. The molecule has 0 atom stereocenters. The maximum Gasteiger partial charge on any atom is 0.315 e. The van der Waals surface area contributed by atoms with E-state index in [1.807, 2.05) is 23.1 Å². The normalized spacial score (nSPS) is 30.7. The highest BCUT2D eigenvalue weighted by Gasteiger charge is 2.51. The molecule has 0 radical (unpaired) electrons. The Morgan fingerprint density at radius 1 is 0.909 bits per heavy atom. The monoisotopic (exact) mass is 452 g/mol. The molecule has 33 heavy (non-hydrogen) atoms. The van der Waals surface area contributed by atoms with Crippen molar-refractivity contribution in [3.05, 3.63) is 35.9 Å². The summed E-state index contributed by atoms with van der Waals surface area (Å²) in [6.45, 7) is 1.64. The van der Waals surface area contributed by atoms with Gasteiger partial charge >= 0.3 is 6.03 Å². The van der Waals surface area contributed by atoms with Crippen molar-refractivity contribution in [2.45, 2.75) is 69.4 Å². The highest BCUT2D eigenvalue weighted by atomic mass is 16.2. The first-order valence-electron chi connectivity index (χ1n) is 12.7. The van der Waals surface area contributed by atoms with Gasteiger partial charge in [0.2, 0.25) is 5.91 Å². The van der Waals surface area contributed by atoms with Crippen molar-refractivity contribution in [1.29, 1.82) is 0 Å². The van der Waals surface area contributed by atoms with Crippen LogP contribution in [0.3, 0.4) is 0 Å². The van der Waals surface area contributed by atoms with Crippen LogP contribution < -0.4 is 16.0 Å². The van der Waals surface area contributed by atoms with Gasteiger partial charge in [-0.3, -0.25) is 9.59 Å². The van der Waals surface area contributed by atoms with Crippen molar-refractivity contribution in [2.24, 2.45) is 17.8 Å². The van der Waals surface area contributed by atoms with Gasteiger partial charge in [0, 0.05) is 43.2 Å². The highest BCUT2D eigenvalue weighted by Crippen LogP contribution is 2.55. The number of amides is 4. The van der Waals surface area contributed by atoms with Gasteiger partial charge in [0.05, 0.1) is 0 Å². The van der Waals surface area contributed by atoms with E-state index in [4.69, 9.17) is 0 Å². The second-order valence-corrected chi connectivity index (χ2v) is 10.8. The van der Waals surface area contributed by atoms with Crippen molar-refractivity contribution in [2.75, 3.05) is 19.6 Å². The molecule has 3 N–H and O–H groups in total. The van der Waals surface area contributed by atoms with Crippen LogP contribution in [-0.4, -0.2) is 54.0 Å². The number of nitrogens with zero attached hydrogens (tertiary/aromatic N) is 1. The Balaban J connectivity index is 1.00. The predicted octanol–water partition coefficient (Wildman–Crippen LogP) is 3.07. The van der Waals surface area contributed by atoms with Crippen LogP contribution in [0.25, 0.3) is 0 Å². The Bertz CT molecular complexity index is 843. The smallest absolute Gasteiger partial charge is 0.315 e. The summed E-state index contributed by atoms with van der Waals surface area (Å²) in [6, 6.07) is 9.18. The maximum absolute atomic E-state index is 12.6. The Morgan fingerprint density at radius 3 is 2.12 bits per heavy atom. The minimum Gasteiger partial charge on any atom is -0.349 e. The average molecular weight is 453 g/mol. The van der Waals surface area contributed by atoms with Crippen LogP contribution >= 0.6 is 0 Å². The molecule has 4 aliphatic carbocycles. The molecule has 4 amide bonds. The molecule has 6 rings (SSSR count). The minimum atomic E-state index is -0.118. The number of benzene rings is 1. The molecular weight excluding hydrogens is 416 g/mol. The number of likely N-dealkylation sites (tertiary alicyclic amines) is 1. The lowest BCUT2D eigenvalue weighted by Gasteiger charge is -2.56. The molecule has 1 aromatic rings. The van der Waals surface area contributed by atoms with Gasteiger partial charge in [0.15, 0.2) is 0 Å². The van der Waals surface area contributed by atoms with Crippen LogP contribution in [0, 0.1) is 17.8 Å². The standard InChI is InChI=1S/C26H36N4O3/c31-23(30-10-7-22(8-11-30)28-24(32)21-4-2-1-3-5-21)6-9-27-25(33)29-26-15-18-12-19(16-26)14-20(13-18)17-26/h1-5,18-20,22H,6-17H2,(H,28,32)(H2,27,29,33). The SMILES string of the molecule is O=C(NCCC(=O)N1CCC(NC(=O)c2ccccc2)CC1)NC12CC3CC(CC(C3)C1)C2. The van der Waals surface area contributed by atoms with E-state index in [-0.39, 0.29) is 29.4 Å². The predicted molar refractivity (Wildman–Crippen MR) is 126 cm³/mol. The topological polar surface area (TPSA) is 90.5 Å². The third-order valence-corrected chi connectivity index (χ3v) is 8.26. The quantitative estimate of drug-likeness (QED) is 0.620. The van der Waals surface area contributed by atoms with E-state index >= 15 is 0 Å². The molecule has 4 bridgehead atoms. The number of rotatable bonds is 6. The molecule has 5 fully saturated rings. The second kappa shape index (κ2) is 9.35. The summed E-state index contributed by atoms with van der Waals surface area (Å²) in [6.07, 6.45) is 9.25. The van der Waals surface area contributed by atoms with Crippen molar-refractivity contribution in [3.63, 3.8) is 0 Å². The van der Waals surface area contributed by atoms with Gasteiger partial charge in [0.1, 0.15) is 0 Å². The van der Waals surface area contributed by atoms with Crippen LogP contribution in [0.5, 0.6) is 0 Å². The number of hydrogen-bond donors (Lipinski definition) is 3. The van der Waals surface area contributed by atoms with E-state index in [1.165, 1.54) is 19.3 Å². The summed E-state index contributed by atoms with van der Waals surface area (Å²) in [4.78, 5) is 39.3. The maximum atomic E-state index is 12.6. The van der Waals surface area contributed by atoms with Gasteiger partial charge in [-0.25, -0.2) is 4.79 Å². The Hall–Kier alpha value is -2.57. The fraction of sp³-hybridized carbons (Fsp3) is 0.654. The molecule has 1 aliphatic heterocycles. The average Bonchev–Trinajstić information content (AvgIpc) is 2.79. The fourth-order valence-electron chi connectivity index (χ4n) is 7.12. The molecule has 0 aromatic heterocycles.